The second-order valence-electron chi connectivity index (χ2n) is 6.59. The molecule has 1 unspecified atom stereocenters. The highest BCUT2D eigenvalue weighted by atomic mass is 35.5. The average Bonchev–Trinajstić information content (AvgIpc) is 2.50. The van der Waals surface area contributed by atoms with Crippen molar-refractivity contribution in [3.8, 4) is 0 Å². The van der Waals surface area contributed by atoms with Crippen LogP contribution in [0, 0.1) is 20.8 Å². The van der Waals surface area contributed by atoms with Gasteiger partial charge in [0, 0.05) is 16.3 Å². The fraction of sp³-hybridized carbons (Fsp3) is 0.350. The van der Waals surface area contributed by atoms with Gasteiger partial charge in [0.25, 0.3) is 5.91 Å². The predicted octanol–water partition coefficient (Wildman–Crippen LogP) is 3.48. The number of carbonyl (C=O) groups is 1. The standard InChI is InChI=1S/C20H25ClN2O/c1-13-10-14(2)20(15(3)11-13)22-19(24)12-23(5)16(4)17-8-6-7-9-18(17)21/h6-11,16H,12H2,1-5H3,(H,22,24)/p+1/t16-/m0/s1. The number of aryl methyl sites for hydroxylation is 3. The van der Waals surface area contributed by atoms with E-state index in [1.807, 2.05) is 45.2 Å². The Morgan fingerprint density at radius 1 is 1.17 bits per heavy atom. The van der Waals surface area contributed by atoms with E-state index in [1.54, 1.807) is 0 Å². The van der Waals surface area contributed by atoms with Gasteiger partial charge in [-0.3, -0.25) is 4.79 Å². The Bertz CT molecular complexity index is 719. The van der Waals surface area contributed by atoms with Crippen LogP contribution in [0.5, 0.6) is 0 Å². The fourth-order valence-electron chi connectivity index (χ4n) is 3.06. The van der Waals surface area contributed by atoms with Gasteiger partial charge in [0.1, 0.15) is 6.04 Å². The molecule has 2 aromatic rings. The van der Waals surface area contributed by atoms with Gasteiger partial charge in [-0.15, -0.1) is 0 Å². The molecule has 128 valence electrons. The van der Waals surface area contributed by atoms with E-state index in [4.69, 9.17) is 11.6 Å². The number of hydrogen-bond donors (Lipinski definition) is 2. The molecule has 2 atom stereocenters. The minimum absolute atomic E-state index is 0.0152. The molecule has 24 heavy (non-hydrogen) atoms. The third-order valence-electron chi connectivity index (χ3n) is 4.49. The molecular weight excluding hydrogens is 320 g/mol. The van der Waals surface area contributed by atoms with Crippen LogP contribution in [0.15, 0.2) is 36.4 Å². The quantitative estimate of drug-likeness (QED) is 0.854. The fourth-order valence-corrected chi connectivity index (χ4v) is 3.36. The lowest BCUT2D eigenvalue weighted by molar-refractivity contribution is -0.902. The third-order valence-corrected chi connectivity index (χ3v) is 4.84. The minimum atomic E-state index is 0.0152. The van der Waals surface area contributed by atoms with E-state index in [2.05, 4.69) is 31.3 Å². The van der Waals surface area contributed by atoms with E-state index in [9.17, 15) is 4.79 Å². The first-order valence-electron chi connectivity index (χ1n) is 8.24. The molecule has 1 amide bonds. The molecule has 0 aliphatic heterocycles. The molecule has 0 bridgehead atoms. The van der Waals surface area contributed by atoms with Gasteiger partial charge >= 0.3 is 0 Å². The zero-order valence-corrected chi connectivity index (χ0v) is 15.8. The van der Waals surface area contributed by atoms with Gasteiger partial charge < -0.3 is 10.2 Å². The maximum atomic E-state index is 12.5. The second kappa shape index (κ2) is 7.82. The lowest BCUT2D eigenvalue weighted by atomic mass is 10.0. The largest absolute Gasteiger partial charge is 0.324 e. The summed E-state index contributed by atoms with van der Waals surface area (Å²) in [5.74, 6) is 0.0152. The van der Waals surface area contributed by atoms with E-state index in [0.717, 1.165) is 32.3 Å². The summed E-state index contributed by atoms with van der Waals surface area (Å²) in [5.41, 5.74) is 5.38. The van der Waals surface area contributed by atoms with Crippen LogP contribution in [-0.4, -0.2) is 19.5 Å². The number of hydrogen-bond acceptors (Lipinski definition) is 1. The molecule has 2 aromatic carbocycles. The van der Waals surface area contributed by atoms with Crippen LogP contribution in [-0.2, 0) is 4.79 Å². The Hall–Kier alpha value is -1.84. The number of benzene rings is 2. The van der Waals surface area contributed by atoms with Crippen molar-refractivity contribution in [3.05, 3.63) is 63.7 Å². The van der Waals surface area contributed by atoms with Gasteiger partial charge in [0.05, 0.1) is 7.05 Å². The molecule has 0 aliphatic rings. The van der Waals surface area contributed by atoms with Crippen LogP contribution < -0.4 is 10.2 Å². The van der Waals surface area contributed by atoms with E-state index in [1.165, 1.54) is 5.56 Å². The first kappa shape index (κ1) is 18.5. The number of carbonyl (C=O) groups excluding carboxylic acids is 1. The van der Waals surface area contributed by atoms with Gasteiger partial charge in [-0.25, -0.2) is 0 Å². The zero-order valence-electron chi connectivity index (χ0n) is 15.0. The number of anilines is 1. The monoisotopic (exact) mass is 345 g/mol. The molecule has 0 saturated heterocycles. The molecular formula is C20H26ClN2O+. The first-order valence-corrected chi connectivity index (χ1v) is 8.61. The lowest BCUT2D eigenvalue weighted by Crippen LogP contribution is -3.10. The smallest absolute Gasteiger partial charge is 0.279 e. The molecule has 0 radical (unpaired) electrons. The normalized spacial score (nSPS) is 13.4. The molecule has 2 N–H and O–H groups in total. The predicted molar refractivity (Wildman–Crippen MR) is 101 cm³/mol. The highest BCUT2D eigenvalue weighted by Crippen LogP contribution is 2.22. The molecule has 0 saturated carbocycles. The van der Waals surface area contributed by atoms with Gasteiger partial charge in [0.2, 0.25) is 0 Å². The summed E-state index contributed by atoms with van der Waals surface area (Å²) in [6.45, 7) is 8.59. The van der Waals surface area contributed by atoms with E-state index >= 15 is 0 Å². The van der Waals surface area contributed by atoms with Crippen LogP contribution in [0.4, 0.5) is 5.69 Å². The molecule has 0 spiro atoms. The summed E-state index contributed by atoms with van der Waals surface area (Å²) in [5, 5.41) is 3.81. The van der Waals surface area contributed by atoms with Crippen molar-refractivity contribution in [3.63, 3.8) is 0 Å². The highest BCUT2D eigenvalue weighted by Gasteiger charge is 2.21. The van der Waals surface area contributed by atoms with Crippen molar-refractivity contribution in [2.75, 3.05) is 18.9 Å². The number of likely N-dealkylation sites (N-methyl/N-ethyl adjacent to an activating group) is 1. The highest BCUT2D eigenvalue weighted by molar-refractivity contribution is 6.31. The van der Waals surface area contributed by atoms with Crippen LogP contribution in [0.25, 0.3) is 0 Å². The summed E-state index contributed by atoms with van der Waals surface area (Å²) in [4.78, 5) is 13.6. The lowest BCUT2D eigenvalue weighted by Gasteiger charge is -2.23. The Balaban J connectivity index is 2.06. The van der Waals surface area contributed by atoms with Crippen LogP contribution in [0.2, 0.25) is 5.02 Å². The minimum Gasteiger partial charge on any atom is -0.324 e. The number of rotatable bonds is 5. The number of amides is 1. The first-order chi connectivity index (χ1) is 11.3. The average molecular weight is 346 g/mol. The summed E-state index contributed by atoms with van der Waals surface area (Å²) in [6, 6.07) is 12.1. The molecule has 4 heteroatoms. The van der Waals surface area contributed by atoms with Gasteiger partial charge in [-0.2, -0.15) is 0 Å². The second-order valence-corrected chi connectivity index (χ2v) is 7.00. The number of nitrogens with one attached hydrogen (secondary N) is 2. The number of halogens is 1. The van der Waals surface area contributed by atoms with Crippen LogP contribution >= 0.6 is 11.6 Å². The Kier molecular flexibility index (Phi) is 6.03. The SMILES string of the molecule is Cc1cc(C)c(NC(=O)C[NH+](C)[C@@H](C)c2ccccc2Cl)c(C)c1. The zero-order chi connectivity index (χ0) is 17.9. The maximum Gasteiger partial charge on any atom is 0.279 e. The van der Waals surface area contributed by atoms with Crippen molar-refractivity contribution < 1.29 is 9.69 Å². The molecule has 3 nitrogen and oxygen atoms in total. The van der Waals surface area contributed by atoms with Crippen molar-refractivity contribution in [1.82, 2.24) is 0 Å². The molecule has 2 rings (SSSR count). The maximum absolute atomic E-state index is 12.5. The Morgan fingerprint density at radius 3 is 2.33 bits per heavy atom. The molecule has 0 aliphatic carbocycles. The van der Waals surface area contributed by atoms with E-state index < -0.39 is 0 Å². The summed E-state index contributed by atoms with van der Waals surface area (Å²) >= 11 is 6.27. The third kappa shape index (κ3) is 4.37. The van der Waals surface area contributed by atoms with Crippen molar-refractivity contribution in [2.24, 2.45) is 0 Å². The molecule has 0 aromatic heterocycles. The van der Waals surface area contributed by atoms with Crippen LogP contribution in [0.1, 0.15) is 35.2 Å². The summed E-state index contributed by atoms with van der Waals surface area (Å²) in [7, 11) is 2.02. The van der Waals surface area contributed by atoms with Crippen molar-refractivity contribution in [1.29, 1.82) is 0 Å². The topological polar surface area (TPSA) is 33.5 Å². The van der Waals surface area contributed by atoms with E-state index in [-0.39, 0.29) is 11.9 Å². The number of quaternary nitrogens is 1. The van der Waals surface area contributed by atoms with E-state index in [0.29, 0.717) is 6.54 Å². The van der Waals surface area contributed by atoms with Gasteiger partial charge in [-0.1, -0.05) is 47.5 Å². The van der Waals surface area contributed by atoms with Crippen molar-refractivity contribution >= 4 is 23.2 Å². The molecule has 0 heterocycles. The summed E-state index contributed by atoms with van der Waals surface area (Å²) in [6.07, 6.45) is 0. The summed E-state index contributed by atoms with van der Waals surface area (Å²) < 4.78 is 0. The Labute approximate surface area is 149 Å². The molecule has 0 fully saturated rings. The Morgan fingerprint density at radius 2 is 1.75 bits per heavy atom. The van der Waals surface area contributed by atoms with Crippen LogP contribution in [0.3, 0.4) is 0 Å². The van der Waals surface area contributed by atoms with Crippen molar-refractivity contribution in [2.45, 2.75) is 33.7 Å². The van der Waals surface area contributed by atoms with Gasteiger partial charge in [-0.05, 0) is 44.9 Å². The van der Waals surface area contributed by atoms with Gasteiger partial charge in [0.15, 0.2) is 6.54 Å².